The molecule has 0 radical (unpaired) electrons. The van der Waals surface area contributed by atoms with Crippen LogP contribution in [0.25, 0.3) is 0 Å². The maximum atomic E-state index is 11.4. The van der Waals surface area contributed by atoms with E-state index >= 15 is 0 Å². The fourth-order valence-corrected chi connectivity index (χ4v) is 1.30. The molecule has 0 amide bonds. The van der Waals surface area contributed by atoms with Gasteiger partial charge in [0.1, 0.15) is 0 Å². The van der Waals surface area contributed by atoms with Gasteiger partial charge in [-0.15, -0.1) is 0 Å². The minimum Gasteiger partial charge on any atom is -0.468 e. The van der Waals surface area contributed by atoms with Crippen LogP contribution in [0, 0.1) is 5.92 Å². The standard InChI is InChI=1S/C12H18O5/c1-8(2)7-9(13)5-6-10(11(14)16-3)12(15)17-4/h7,10H,5-6H2,1-4H3. The molecule has 0 fully saturated rings. The molecule has 0 aliphatic rings. The first kappa shape index (κ1) is 15.3. The summed E-state index contributed by atoms with van der Waals surface area (Å²) in [5.41, 5.74) is 0.877. The zero-order valence-electron chi connectivity index (χ0n) is 10.6. The van der Waals surface area contributed by atoms with Crippen molar-refractivity contribution < 1.29 is 23.9 Å². The second-order valence-corrected chi connectivity index (χ2v) is 3.83. The van der Waals surface area contributed by atoms with E-state index in [2.05, 4.69) is 9.47 Å². The lowest BCUT2D eigenvalue weighted by atomic mass is 10.0. The Balaban J connectivity index is 4.47. The van der Waals surface area contributed by atoms with E-state index in [4.69, 9.17) is 0 Å². The Morgan fingerprint density at radius 3 is 1.88 bits per heavy atom. The highest BCUT2D eigenvalue weighted by molar-refractivity contribution is 5.96. The van der Waals surface area contributed by atoms with Gasteiger partial charge in [0.25, 0.3) is 0 Å². The van der Waals surface area contributed by atoms with Crippen LogP contribution >= 0.6 is 0 Å². The lowest BCUT2D eigenvalue weighted by Crippen LogP contribution is -2.27. The topological polar surface area (TPSA) is 69.7 Å². The van der Waals surface area contributed by atoms with Crippen LogP contribution in [0.1, 0.15) is 26.7 Å². The number of hydrogen-bond acceptors (Lipinski definition) is 5. The van der Waals surface area contributed by atoms with E-state index in [-0.39, 0.29) is 18.6 Å². The van der Waals surface area contributed by atoms with Crippen molar-refractivity contribution in [2.75, 3.05) is 14.2 Å². The Hall–Kier alpha value is -1.65. The van der Waals surface area contributed by atoms with Gasteiger partial charge in [0.2, 0.25) is 0 Å². The number of methoxy groups -OCH3 is 2. The molecule has 0 aromatic rings. The van der Waals surface area contributed by atoms with Gasteiger partial charge < -0.3 is 9.47 Å². The van der Waals surface area contributed by atoms with Crippen molar-refractivity contribution in [2.45, 2.75) is 26.7 Å². The summed E-state index contributed by atoms with van der Waals surface area (Å²) in [5, 5.41) is 0. The van der Waals surface area contributed by atoms with Gasteiger partial charge in [-0.05, 0) is 26.3 Å². The molecule has 0 spiro atoms. The maximum Gasteiger partial charge on any atom is 0.320 e. The number of carbonyl (C=O) groups excluding carboxylic acids is 3. The second-order valence-electron chi connectivity index (χ2n) is 3.83. The van der Waals surface area contributed by atoms with E-state index in [9.17, 15) is 14.4 Å². The Bertz CT molecular complexity index is 310. The van der Waals surface area contributed by atoms with Crippen molar-refractivity contribution in [2.24, 2.45) is 5.92 Å². The largest absolute Gasteiger partial charge is 0.468 e. The van der Waals surface area contributed by atoms with Gasteiger partial charge in [-0.25, -0.2) is 0 Å². The van der Waals surface area contributed by atoms with E-state index in [1.54, 1.807) is 13.8 Å². The number of carbonyl (C=O) groups is 3. The molecule has 0 N–H and O–H groups in total. The van der Waals surface area contributed by atoms with Crippen molar-refractivity contribution in [1.29, 1.82) is 0 Å². The first-order chi connectivity index (χ1) is 7.92. The summed E-state index contributed by atoms with van der Waals surface area (Å²) in [6.07, 6.45) is 1.69. The smallest absolute Gasteiger partial charge is 0.320 e. The quantitative estimate of drug-likeness (QED) is 0.398. The summed E-state index contributed by atoms with van der Waals surface area (Å²) >= 11 is 0. The molecular weight excluding hydrogens is 224 g/mol. The van der Waals surface area contributed by atoms with E-state index < -0.39 is 17.9 Å². The van der Waals surface area contributed by atoms with Crippen LogP contribution in [0.3, 0.4) is 0 Å². The molecule has 0 aromatic carbocycles. The zero-order chi connectivity index (χ0) is 13.4. The lowest BCUT2D eigenvalue weighted by molar-refractivity contribution is -0.159. The van der Waals surface area contributed by atoms with Crippen molar-refractivity contribution in [3.63, 3.8) is 0 Å². The van der Waals surface area contributed by atoms with E-state index in [0.29, 0.717) is 0 Å². The fraction of sp³-hybridized carbons (Fsp3) is 0.583. The number of esters is 2. The lowest BCUT2D eigenvalue weighted by Gasteiger charge is -2.11. The molecule has 0 aliphatic carbocycles. The van der Waals surface area contributed by atoms with E-state index in [0.717, 1.165) is 5.57 Å². The first-order valence-electron chi connectivity index (χ1n) is 5.25. The van der Waals surface area contributed by atoms with E-state index in [1.807, 2.05) is 0 Å². The van der Waals surface area contributed by atoms with Gasteiger partial charge in [0.05, 0.1) is 14.2 Å². The zero-order valence-corrected chi connectivity index (χ0v) is 10.6. The Kier molecular flexibility index (Phi) is 6.86. The normalized spacial score (nSPS) is 9.71. The average molecular weight is 242 g/mol. The highest BCUT2D eigenvalue weighted by atomic mass is 16.5. The van der Waals surface area contributed by atoms with Crippen molar-refractivity contribution in [3.8, 4) is 0 Å². The summed E-state index contributed by atoms with van der Waals surface area (Å²) in [6, 6.07) is 0. The summed E-state index contributed by atoms with van der Waals surface area (Å²) in [5.74, 6) is -2.51. The average Bonchev–Trinajstić information content (AvgIpc) is 2.27. The van der Waals surface area contributed by atoms with E-state index in [1.165, 1.54) is 20.3 Å². The first-order valence-corrected chi connectivity index (χ1v) is 5.25. The molecule has 0 aliphatic heterocycles. The van der Waals surface area contributed by atoms with Crippen molar-refractivity contribution in [1.82, 2.24) is 0 Å². The van der Waals surface area contributed by atoms with Gasteiger partial charge in [0.15, 0.2) is 11.7 Å². The summed E-state index contributed by atoms with van der Waals surface area (Å²) in [6.45, 7) is 3.60. The van der Waals surface area contributed by atoms with Gasteiger partial charge in [-0.1, -0.05) is 5.57 Å². The highest BCUT2D eigenvalue weighted by Gasteiger charge is 2.28. The molecule has 0 atom stereocenters. The minimum absolute atomic E-state index is 0.0992. The second kappa shape index (κ2) is 7.60. The maximum absolute atomic E-state index is 11.4. The molecule has 96 valence electrons. The highest BCUT2D eigenvalue weighted by Crippen LogP contribution is 2.12. The summed E-state index contributed by atoms with van der Waals surface area (Å²) < 4.78 is 8.96. The number of ketones is 1. The van der Waals surface area contributed by atoms with Gasteiger partial charge in [-0.3, -0.25) is 14.4 Å². The number of hydrogen-bond donors (Lipinski definition) is 0. The molecule has 0 rings (SSSR count). The van der Waals surface area contributed by atoms with Crippen LogP contribution in [0.2, 0.25) is 0 Å². The van der Waals surface area contributed by atoms with Gasteiger partial charge in [-0.2, -0.15) is 0 Å². The molecule has 0 bridgehead atoms. The van der Waals surface area contributed by atoms with Gasteiger partial charge in [0, 0.05) is 6.42 Å². The van der Waals surface area contributed by atoms with Crippen LogP contribution < -0.4 is 0 Å². The SMILES string of the molecule is COC(=O)C(CCC(=O)C=C(C)C)C(=O)OC. The van der Waals surface area contributed by atoms with Crippen molar-refractivity contribution >= 4 is 17.7 Å². The number of rotatable bonds is 6. The molecule has 0 unspecified atom stereocenters. The molecule has 0 heterocycles. The number of allylic oxidation sites excluding steroid dienone is 2. The van der Waals surface area contributed by atoms with Crippen LogP contribution in [-0.4, -0.2) is 31.9 Å². The van der Waals surface area contributed by atoms with Crippen LogP contribution in [-0.2, 0) is 23.9 Å². The fourth-order valence-electron chi connectivity index (χ4n) is 1.30. The molecule has 17 heavy (non-hydrogen) atoms. The summed E-state index contributed by atoms with van der Waals surface area (Å²) in [4.78, 5) is 34.0. The molecular formula is C12H18O5. The molecule has 5 heteroatoms. The Morgan fingerprint density at radius 1 is 1.06 bits per heavy atom. The Labute approximate surface area is 101 Å². The molecule has 5 nitrogen and oxygen atoms in total. The van der Waals surface area contributed by atoms with Gasteiger partial charge >= 0.3 is 11.9 Å². The monoisotopic (exact) mass is 242 g/mol. The van der Waals surface area contributed by atoms with Crippen LogP contribution in [0.5, 0.6) is 0 Å². The predicted octanol–water partition coefficient (Wildman–Crippen LogP) is 1.26. The third kappa shape index (κ3) is 5.85. The molecule has 0 saturated carbocycles. The third-order valence-corrected chi connectivity index (χ3v) is 2.10. The molecule has 0 saturated heterocycles. The predicted molar refractivity (Wildman–Crippen MR) is 61.2 cm³/mol. The Morgan fingerprint density at radius 2 is 1.53 bits per heavy atom. The molecule has 0 aromatic heterocycles. The minimum atomic E-state index is -1.03. The van der Waals surface area contributed by atoms with Crippen LogP contribution in [0.15, 0.2) is 11.6 Å². The van der Waals surface area contributed by atoms with Crippen molar-refractivity contribution in [3.05, 3.63) is 11.6 Å². The van der Waals surface area contributed by atoms with Crippen LogP contribution in [0.4, 0.5) is 0 Å². The number of ether oxygens (including phenoxy) is 2. The third-order valence-electron chi connectivity index (χ3n) is 2.10. The summed E-state index contributed by atoms with van der Waals surface area (Å²) in [7, 11) is 2.38.